The first kappa shape index (κ1) is 22.5. The van der Waals surface area contributed by atoms with Crippen molar-refractivity contribution in [3.63, 3.8) is 0 Å². The van der Waals surface area contributed by atoms with Gasteiger partial charge in [-0.05, 0) is 57.1 Å². The highest BCUT2D eigenvalue weighted by Crippen LogP contribution is 2.50. The number of ether oxygens (including phenoxy) is 3. The number of methoxy groups -OCH3 is 2. The molecule has 1 atom stereocenters. The van der Waals surface area contributed by atoms with Crippen LogP contribution in [0.4, 0.5) is 0 Å². The van der Waals surface area contributed by atoms with Gasteiger partial charge in [0.25, 0.3) is 0 Å². The summed E-state index contributed by atoms with van der Waals surface area (Å²) in [6, 6.07) is 1.99. The van der Waals surface area contributed by atoms with Crippen LogP contribution in [0.25, 0.3) is 5.57 Å². The van der Waals surface area contributed by atoms with E-state index in [1.54, 1.807) is 14.2 Å². The number of nitrogens with two attached hydrogens (primary N) is 1. The van der Waals surface area contributed by atoms with Gasteiger partial charge in [-0.3, -0.25) is 10.2 Å². The van der Waals surface area contributed by atoms with Gasteiger partial charge in [-0.1, -0.05) is 5.57 Å². The van der Waals surface area contributed by atoms with E-state index in [1.807, 2.05) is 13.0 Å². The number of carboxylic acid groups (broad SMARTS) is 1. The molecule has 2 aliphatic carbocycles. The number of carbonyl (C=O) groups is 1. The zero-order valence-electron chi connectivity index (χ0n) is 18.2. The summed E-state index contributed by atoms with van der Waals surface area (Å²) >= 11 is 0. The number of hydrogen-bond acceptors (Lipinski definition) is 7. The second kappa shape index (κ2) is 10.2. The van der Waals surface area contributed by atoms with Crippen LogP contribution < -0.4 is 25.5 Å². The molecule has 1 unspecified atom stereocenters. The van der Waals surface area contributed by atoms with Crippen molar-refractivity contribution >= 4 is 23.6 Å². The maximum Gasteiger partial charge on any atom is 0.303 e. The summed E-state index contributed by atoms with van der Waals surface area (Å²) in [5, 5.41) is 16.9. The summed E-state index contributed by atoms with van der Waals surface area (Å²) in [6.45, 7) is 1.85. The minimum Gasteiger partial charge on any atom is -0.492 e. The minimum absolute atomic E-state index is 0.0424. The molecule has 1 aromatic rings. The second-order valence-electron chi connectivity index (χ2n) is 7.63. The Morgan fingerprint density at radius 3 is 2.71 bits per heavy atom. The summed E-state index contributed by atoms with van der Waals surface area (Å²) in [7, 11) is 3.19. The lowest BCUT2D eigenvalue weighted by Gasteiger charge is -2.23. The Balaban J connectivity index is 2.06. The van der Waals surface area contributed by atoms with Crippen LogP contribution in [0.5, 0.6) is 17.2 Å². The Morgan fingerprint density at radius 2 is 2.03 bits per heavy atom. The third-order valence-electron chi connectivity index (χ3n) is 5.60. The first-order valence-corrected chi connectivity index (χ1v) is 10.4. The highest BCUT2D eigenvalue weighted by Gasteiger charge is 2.32. The van der Waals surface area contributed by atoms with E-state index in [-0.39, 0.29) is 12.5 Å². The molecule has 0 heterocycles. The van der Waals surface area contributed by atoms with Gasteiger partial charge in [0.05, 0.1) is 26.0 Å². The van der Waals surface area contributed by atoms with Gasteiger partial charge in [0.2, 0.25) is 5.75 Å². The van der Waals surface area contributed by atoms with Crippen LogP contribution in [0, 0.1) is 0 Å². The smallest absolute Gasteiger partial charge is 0.303 e. The van der Waals surface area contributed by atoms with Crippen LogP contribution in [0.15, 0.2) is 21.8 Å². The molecule has 168 valence electrons. The Hall–Kier alpha value is -3.23. The van der Waals surface area contributed by atoms with Crippen molar-refractivity contribution in [3.8, 4) is 17.2 Å². The summed E-state index contributed by atoms with van der Waals surface area (Å²) < 4.78 is 17.6. The molecule has 0 aromatic heterocycles. The van der Waals surface area contributed by atoms with E-state index < -0.39 is 5.97 Å². The van der Waals surface area contributed by atoms with Gasteiger partial charge in [-0.2, -0.15) is 10.2 Å². The number of allylic oxidation sites excluding steroid dienone is 2. The van der Waals surface area contributed by atoms with E-state index in [2.05, 4.69) is 15.6 Å². The monoisotopic (exact) mass is 430 g/mol. The minimum atomic E-state index is -0.845. The van der Waals surface area contributed by atoms with Gasteiger partial charge in [0.15, 0.2) is 11.5 Å². The number of benzene rings is 1. The quantitative estimate of drug-likeness (QED) is 0.238. The molecule has 0 amide bonds. The molecule has 0 fully saturated rings. The van der Waals surface area contributed by atoms with Crippen LogP contribution in [0.1, 0.15) is 56.6 Å². The molecule has 0 radical (unpaired) electrons. The standard InChI is InChI=1S/C22H30N4O5/c1-13(7-10-18(27)28)31-17-11-15-6-4-5-14-8-9-16(26-25-12-24-23)19(14)20(15)22(30-3)21(17)29-2/h11-13H,4-10,23H2,1-3H3,(H,24,25)(H,27,28). The summed E-state index contributed by atoms with van der Waals surface area (Å²) in [5.74, 6) is 5.99. The summed E-state index contributed by atoms with van der Waals surface area (Å²) in [5.41, 5.74) is 8.24. The summed E-state index contributed by atoms with van der Waals surface area (Å²) in [4.78, 5) is 10.9. The molecule has 3 rings (SSSR count). The number of nitrogens with zero attached hydrogens (tertiary/aromatic N) is 2. The van der Waals surface area contributed by atoms with Crippen LogP contribution in [-0.2, 0) is 11.2 Å². The molecule has 0 saturated heterocycles. The van der Waals surface area contributed by atoms with E-state index in [0.29, 0.717) is 23.7 Å². The van der Waals surface area contributed by atoms with E-state index in [1.165, 1.54) is 11.9 Å². The van der Waals surface area contributed by atoms with Crippen molar-refractivity contribution in [3.05, 3.63) is 22.8 Å². The van der Waals surface area contributed by atoms with Crippen LogP contribution in [0.2, 0.25) is 0 Å². The fourth-order valence-electron chi connectivity index (χ4n) is 4.26. The SMILES string of the molecule is COc1c(OC(C)CCC(=O)O)cc2c(c1OC)C1=C(CCC2)CCC1=NNC=NN. The average molecular weight is 431 g/mol. The number of fused-ring (bicyclic) bond motifs is 2. The van der Waals surface area contributed by atoms with Crippen LogP contribution >= 0.6 is 0 Å². The number of nitrogens with one attached hydrogen (secondary N) is 1. The van der Waals surface area contributed by atoms with Gasteiger partial charge < -0.3 is 25.2 Å². The molecule has 31 heavy (non-hydrogen) atoms. The topological polar surface area (TPSA) is 128 Å². The first-order chi connectivity index (χ1) is 15.0. The van der Waals surface area contributed by atoms with Gasteiger partial charge in [0, 0.05) is 17.6 Å². The van der Waals surface area contributed by atoms with Crippen molar-refractivity contribution < 1.29 is 24.1 Å². The predicted molar refractivity (Wildman–Crippen MR) is 119 cm³/mol. The predicted octanol–water partition coefficient (Wildman–Crippen LogP) is 3.07. The summed E-state index contributed by atoms with van der Waals surface area (Å²) in [6.07, 6.45) is 6.15. The highest BCUT2D eigenvalue weighted by molar-refractivity contribution is 6.28. The molecule has 0 aliphatic heterocycles. The van der Waals surface area contributed by atoms with E-state index in [4.69, 9.17) is 25.2 Å². The van der Waals surface area contributed by atoms with Crippen LogP contribution in [0.3, 0.4) is 0 Å². The number of hydrazone groups is 2. The van der Waals surface area contributed by atoms with Crippen LogP contribution in [-0.4, -0.2) is 43.4 Å². The van der Waals surface area contributed by atoms with Crippen molar-refractivity contribution in [2.75, 3.05) is 14.2 Å². The Morgan fingerprint density at radius 1 is 1.26 bits per heavy atom. The van der Waals surface area contributed by atoms with Gasteiger partial charge >= 0.3 is 5.97 Å². The third-order valence-corrected chi connectivity index (χ3v) is 5.60. The molecule has 2 aliphatic rings. The van der Waals surface area contributed by atoms with Crippen molar-refractivity contribution in [1.82, 2.24) is 5.43 Å². The van der Waals surface area contributed by atoms with Gasteiger partial charge in [-0.15, -0.1) is 0 Å². The maximum atomic E-state index is 10.9. The Kier molecular flexibility index (Phi) is 7.38. The third kappa shape index (κ3) is 4.92. The number of hydrogen-bond donors (Lipinski definition) is 3. The zero-order chi connectivity index (χ0) is 22.4. The molecular weight excluding hydrogens is 400 g/mol. The molecule has 4 N–H and O–H groups in total. The zero-order valence-corrected chi connectivity index (χ0v) is 18.2. The average Bonchev–Trinajstić information content (AvgIpc) is 3.04. The second-order valence-corrected chi connectivity index (χ2v) is 7.63. The lowest BCUT2D eigenvalue weighted by molar-refractivity contribution is -0.137. The van der Waals surface area contributed by atoms with Gasteiger partial charge in [0.1, 0.15) is 6.34 Å². The van der Waals surface area contributed by atoms with E-state index in [0.717, 1.165) is 54.5 Å². The molecule has 1 aromatic carbocycles. The molecule has 0 saturated carbocycles. The van der Waals surface area contributed by atoms with Crippen molar-refractivity contribution in [2.24, 2.45) is 16.0 Å². The Labute approximate surface area is 181 Å². The van der Waals surface area contributed by atoms with Gasteiger partial charge in [-0.25, -0.2) is 0 Å². The Bertz CT molecular complexity index is 923. The maximum absolute atomic E-state index is 10.9. The lowest BCUT2D eigenvalue weighted by Crippen LogP contribution is -2.15. The fourth-order valence-corrected chi connectivity index (χ4v) is 4.26. The molecule has 0 spiro atoms. The molecule has 9 heteroatoms. The molecule has 0 bridgehead atoms. The van der Waals surface area contributed by atoms with Crippen molar-refractivity contribution in [1.29, 1.82) is 0 Å². The van der Waals surface area contributed by atoms with Crippen molar-refractivity contribution in [2.45, 2.75) is 58.0 Å². The molecule has 9 nitrogen and oxygen atoms in total. The van der Waals surface area contributed by atoms with E-state index in [9.17, 15) is 4.79 Å². The largest absolute Gasteiger partial charge is 0.492 e. The first-order valence-electron chi connectivity index (χ1n) is 10.4. The number of carboxylic acids is 1. The van der Waals surface area contributed by atoms with E-state index >= 15 is 0 Å². The molecular formula is C22H30N4O5. The highest BCUT2D eigenvalue weighted by atomic mass is 16.5. The number of rotatable bonds is 9. The fraction of sp³-hybridized carbons (Fsp3) is 0.500. The number of aryl methyl sites for hydroxylation is 1. The lowest BCUT2D eigenvalue weighted by atomic mass is 9.94. The number of aliphatic carboxylic acids is 1. The normalized spacial score (nSPS) is 17.8.